The van der Waals surface area contributed by atoms with Gasteiger partial charge in [0.1, 0.15) is 11.1 Å². The molecule has 0 aromatic heterocycles. The summed E-state index contributed by atoms with van der Waals surface area (Å²) in [6.45, 7) is 11.2. The molecule has 0 aliphatic heterocycles. The van der Waals surface area contributed by atoms with Crippen LogP contribution in [0, 0.1) is 11.3 Å². The van der Waals surface area contributed by atoms with Gasteiger partial charge in [0.05, 0.1) is 0 Å². The molecular weight excluding hydrogens is 246 g/mol. The van der Waals surface area contributed by atoms with E-state index in [0.29, 0.717) is 6.42 Å². The highest BCUT2D eigenvalue weighted by molar-refractivity contribution is 5.85. The van der Waals surface area contributed by atoms with E-state index in [2.05, 4.69) is 5.32 Å². The second kappa shape index (κ2) is 4.69. The lowest BCUT2D eigenvalue weighted by Crippen LogP contribution is -2.57. The van der Waals surface area contributed by atoms with Gasteiger partial charge < -0.3 is 15.2 Å². The Hall–Kier alpha value is -1.26. The van der Waals surface area contributed by atoms with Crippen LogP contribution in [0.5, 0.6) is 0 Å². The molecule has 0 heterocycles. The number of carboxylic acid groups (broad SMARTS) is 1. The van der Waals surface area contributed by atoms with Crippen molar-refractivity contribution in [1.29, 1.82) is 0 Å². The Balaban J connectivity index is 2.91. The molecule has 0 spiro atoms. The Kier molecular flexibility index (Phi) is 3.90. The molecule has 0 saturated heterocycles. The monoisotopic (exact) mass is 271 g/mol. The van der Waals surface area contributed by atoms with Crippen molar-refractivity contribution in [2.45, 2.75) is 65.5 Å². The molecule has 19 heavy (non-hydrogen) atoms. The fourth-order valence-corrected chi connectivity index (χ4v) is 3.00. The molecule has 2 atom stereocenters. The van der Waals surface area contributed by atoms with E-state index >= 15 is 0 Å². The summed E-state index contributed by atoms with van der Waals surface area (Å²) in [5.41, 5.74) is -1.97. The van der Waals surface area contributed by atoms with Gasteiger partial charge in [-0.25, -0.2) is 9.59 Å². The van der Waals surface area contributed by atoms with Crippen LogP contribution >= 0.6 is 0 Å². The molecule has 0 aromatic carbocycles. The number of carbonyl (C=O) groups excluding carboxylic acids is 1. The maximum atomic E-state index is 11.9. The Morgan fingerprint density at radius 3 is 2.16 bits per heavy atom. The van der Waals surface area contributed by atoms with Crippen molar-refractivity contribution in [3.05, 3.63) is 0 Å². The SMILES string of the molecule is C[C@H]1CC(C)(C)C[C@]1(NC(=O)OC(C)(C)C)C(=O)O. The third kappa shape index (κ3) is 3.61. The molecule has 1 saturated carbocycles. The topological polar surface area (TPSA) is 75.6 Å². The Bertz CT molecular complexity index is 383. The number of alkyl carbamates (subject to hydrolysis) is 1. The number of ether oxygens (including phenoxy) is 1. The van der Waals surface area contributed by atoms with Crippen molar-refractivity contribution >= 4 is 12.1 Å². The Morgan fingerprint density at radius 2 is 1.84 bits per heavy atom. The summed E-state index contributed by atoms with van der Waals surface area (Å²) in [6, 6.07) is 0. The zero-order valence-electron chi connectivity index (χ0n) is 12.7. The zero-order valence-corrected chi connectivity index (χ0v) is 12.7. The summed E-state index contributed by atoms with van der Waals surface area (Å²) >= 11 is 0. The largest absolute Gasteiger partial charge is 0.479 e. The summed E-state index contributed by atoms with van der Waals surface area (Å²) in [6.07, 6.45) is 0.504. The van der Waals surface area contributed by atoms with Gasteiger partial charge in [0, 0.05) is 0 Å². The van der Waals surface area contributed by atoms with Crippen LogP contribution in [-0.4, -0.2) is 28.3 Å². The van der Waals surface area contributed by atoms with E-state index in [1.54, 1.807) is 20.8 Å². The molecule has 0 bridgehead atoms. The van der Waals surface area contributed by atoms with Gasteiger partial charge in [0.25, 0.3) is 0 Å². The molecule has 1 aliphatic carbocycles. The molecule has 0 unspecified atom stereocenters. The lowest BCUT2D eigenvalue weighted by molar-refractivity contribution is -0.146. The summed E-state index contributed by atoms with van der Waals surface area (Å²) in [7, 11) is 0. The molecule has 0 aromatic rings. The van der Waals surface area contributed by atoms with Gasteiger partial charge >= 0.3 is 12.1 Å². The van der Waals surface area contributed by atoms with Gasteiger partial charge in [-0.05, 0) is 44.9 Å². The molecule has 1 amide bonds. The molecule has 1 fully saturated rings. The minimum absolute atomic E-state index is 0.104. The third-order valence-corrected chi connectivity index (χ3v) is 3.56. The average Bonchev–Trinajstić information content (AvgIpc) is 2.33. The second-order valence-electron chi connectivity index (χ2n) is 7.35. The van der Waals surface area contributed by atoms with Crippen molar-refractivity contribution in [3.63, 3.8) is 0 Å². The Morgan fingerprint density at radius 1 is 1.32 bits per heavy atom. The predicted molar refractivity (Wildman–Crippen MR) is 71.9 cm³/mol. The van der Waals surface area contributed by atoms with Crippen molar-refractivity contribution in [1.82, 2.24) is 5.32 Å². The van der Waals surface area contributed by atoms with Gasteiger partial charge in [-0.1, -0.05) is 20.8 Å². The molecule has 0 radical (unpaired) electrons. The van der Waals surface area contributed by atoms with Gasteiger partial charge in [-0.2, -0.15) is 0 Å². The van der Waals surface area contributed by atoms with Crippen LogP contribution in [0.3, 0.4) is 0 Å². The van der Waals surface area contributed by atoms with Crippen LogP contribution in [0.4, 0.5) is 4.79 Å². The van der Waals surface area contributed by atoms with Gasteiger partial charge in [0.15, 0.2) is 0 Å². The van der Waals surface area contributed by atoms with Crippen LogP contribution in [0.15, 0.2) is 0 Å². The van der Waals surface area contributed by atoms with E-state index in [9.17, 15) is 14.7 Å². The number of hydrogen-bond acceptors (Lipinski definition) is 3. The molecule has 5 heteroatoms. The lowest BCUT2D eigenvalue weighted by Gasteiger charge is -2.32. The van der Waals surface area contributed by atoms with Crippen LogP contribution in [0.1, 0.15) is 54.4 Å². The van der Waals surface area contributed by atoms with E-state index < -0.39 is 23.2 Å². The van der Waals surface area contributed by atoms with E-state index in [4.69, 9.17) is 4.74 Å². The highest BCUT2D eigenvalue weighted by Crippen LogP contribution is 2.47. The summed E-state index contributed by atoms with van der Waals surface area (Å²) in [5.74, 6) is -1.12. The number of nitrogens with one attached hydrogen (secondary N) is 1. The van der Waals surface area contributed by atoms with E-state index in [0.717, 1.165) is 6.42 Å². The third-order valence-electron chi connectivity index (χ3n) is 3.56. The van der Waals surface area contributed by atoms with Crippen molar-refractivity contribution < 1.29 is 19.4 Å². The highest BCUT2D eigenvalue weighted by Gasteiger charge is 2.55. The average molecular weight is 271 g/mol. The van der Waals surface area contributed by atoms with Crippen LogP contribution < -0.4 is 5.32 Å². The quantitative estimate of drug-likeness (QED) is 0.809. The van der Waals surface area contributed by atoms with Gasteiger partial charge in [-0.3, -0.25) is 0 Å². The van der Waals surface area contributed by atoms with Crippen LogP contribution in [0.2, 0.25) is 0 Å². The predicted octanol–water partition coefficient (Wildman–Crippen LogP) is 2.79. The van der Waals surface area contributed by atoms with E-state index in [1.807, 2.05) is 20.8 Å². The van der Waals surface area contributed by atoms with Crippen molar-refractivity contribution in [3.8, 4) is 0 Å². The summed E-state index contributed by atoms with van der Waals surface area (Å²) in [4.78, 5) is 23.5. The normalized spacial score (nSPS) is 29.9. The first-order chi connectivity index (χ1) is 8.38. The van der Waals surface area contributed by atoms with E-state index in [1.165, 1.54) is 0 Å². The first kappa shape index (κ1) is 15.8. The first-order valence-corrected chi connectivity index (χ1v) is 6.63. The number of rotatable bonds is 2. The number of hydrogen-bond donors (Lipinski definition) is 2. The maximum absolute atomic E-state index is 11.9. The number of carboxylic acids is 1. The summed E-state index contributed by atoms with van der Waals surface area (Å²) < 4.78 is 5.18. The van der Waals surface area contributed by atoms with Crippen molar-refractivity contribution in [2.75, 3.05) is 0 Å². The fourth-order valence-electron chi connectivity index (χ4n) is 3.00. The number of amides is 1. The maximum Gasteiger partial charge on any atom is 0.408 e. The number of carbonyl (C=O) groups is 2. The number of aliphatic carboxylic acids is 1. The molecule has 110 valence electrons. The molecular formula is C14H25NO4. The summed E-state index contributed by atoms with van der Waals surface area (Å²) in [5, 5.41) is 12.1. The second-order valence-corrected chi connectivity index (χ2v) is 7.35. The fraction of sp³-hybridized carbons (Fsp3) is 0.857. The molecule has 1 rings (SSSR count). The standard InChI is InChI=1S/C14H25NO4/c1-9-7-13(5,6)8-14(9,10(16)17)15-11(18)19-12(2,3)4/h9H,7-8H2,1-6H3,(H,15,18)(H,16,17)/t9-,14+/m0/s1. The Labute approximate surface area is 114 Å². The van der Waals surface area contributed by atoms with Crippen LogP contribution in [0.25, 0.3) is 0 Å². The van der Waals surface area contributed by atoms with Crippen molar-refractivity contribution in [2.24, 2.45) is 11.3 Å². The van der Waals surface area contributed by atoms with Crippen LogP contribution in [-0.2, 0) is 9.53 Å². The highest BCUT2D eigenvalue weighted by atomic mass is 16.6. The molecule has 1 aliphatic rings. The minimum Gasteiger partial charge on any atom is -0.479 e. The minimum atomic E-state index is -1.23. The molecule has 2 N–H and O–H groups in total. The van der Waals surface area contributed by atoms with Gasteiger partial charge in [0.2, 0.25) is 0 Å². The zero-order chi connectivity index (χ0) is 15.1. The van der Waals surface area contributed by atoms with E-state index in [-0.39, 0.29) is 11.3 Å². The first-order valence-electron chi connectivity index (χ1n) is 6.63. The van der Waals surface area contributed by atoms with Gasteiger partial charge in [-0.15, -0.1) is 0 Å². The smallest absolute Gasteiger partial charge is 0.408 e. The molecule has 5 nitrogen and oxygen atoms in total. The lowest BCUT2D eigenvalue weighted by atomic mass is 9.86.